The summed E-state index contributed by atoms with van der Waals surface area (Å²) >= 11 is 5.99. The average Bonchev–Trinajstić information content (AvgIpc) is 2.70. The van der Waals surface area contributed by atoms with Crippen LogP contribution < -0.4 is 4.90 Å². The van der Waals surface area contributed by atoms with Crippen molar-refractivity contribution in [2.75, 3.05) is 4.90 Å². The first-order chi connectivity index (χ1) is 9.99. The highest BCUT2D eigenvalue weighted by Gasteiger charge is 2.48. The Labute approximate surface area is 127 Å². The minimum absolute atomic E-state index is 0.0507. The molecule has 0 unspecified atom stereocenters. The molecule has 2 atom stereocenters. The van der Waals surface area contributed by atoms with Crippen LogP contribution in [0.4, 0.5) is 5.69 Å². The van der Waals surface area contributed by atoms with Gasteiger partial charge < -0.3 is 0 Å². The predicted octanol–water partition coefficient (Wildman–Crippen LogP) is 2.91. The number of anilines is 1. The van der Waals surface area contributed by atoms with Crippen LogP contribution in [0.2, 0.25) is 0 Å². The Kier molecular flexibility index (Phi) is 3.41. The van der Waals surface area contributed by atoms with Crippen molar-refractivity contribution >= 4 is 34.9 Å². The number of carbonyl (C=O) groups is 3. The van der Waals surface area contributed by atoms with Gasteiger partial charge in [-0.15, -0.1) is 0 Å². The van der Waals surface area contributed by atoms with Gasteiger partial charge in [-0.25, -0.2) is 0 Å². The highest BCUT2D eigenvalue weighted by molar-refractivity contribution is 6.30. The Bertz CT molecular complexity index is 663. The smallest absolute Gasteiger partial charge is 0.238 e. The topological polar surface area (TPSA) is 54.5 Å². The molecule has 1 fully saturated rings. The molecule has 1 aliphatic heterocycles. The van der Waals surface area contributed by atoms with E-state index in [2.05, 4.69) is 0 Å². The van der Waals surface area contributed by atoms with Gasteiger partial charge in [-0.3, -0.25) is 19.3 Å². The molecule has 3 rings (SSSR count). The van der Waals surface area contributed by atoms with E-state index in [1.165, 1.54) is 11.8 Å². The molecule has 0 N–H and O–H groups in total. The fraction of sp³-hybridized carbons (Fsp3) is 0.312. The zero-order valence-electron chi connectivity index (χ0n) is 11.5. The van der Waals surface area contributed by atoms with Crippen molar-refractivity contribution in [3.05, 3.63) is 40.9 Å². The monoisotopic (exact) mass is 303 g/mol. The summed E-state index contributed by atoms with van der Waals surface area (Å²) < 4.78 is 0. The molecule has 108 valence electrons. The number of carbonyl (C=O) groups excluding carboxylic acids is 3. The lowest BCUT2D eigenvalue weighted by Gasteiger charge is -2.17. The molecule has 5 heteroatoms. The maximum absolute atomic E-state index is 12.5. The van der Waals surface area contributed by atoms with Crippen LogP contribution in [-0.4, -0.2) is 17.6 Å². The molecule has 0 aromatic heterocycles. The SMILES string of the molecule is CC(=O)c1ccc(N2C(=O)[C@H]3CC(Cl)=CC[C@H]3C2=O)cc1. The second kappa shape index (κ2) is 5.11. The highest BCUT2D eigenvalue weighted by Crippen LogP contribution is 2.40. The first-order valence-electron chi connectivity index (χ1n) is 6.82. The van der Waals surface area contributed by atoms with Crippen molar-refractivity contribution < 1.29 is 14.4 Å². The average molecular weight is 304 g/mol. The first-order valence-corrected chi connectivity index (χ1v) is 7.20. The normalized spacial score (nSPS) is 24.9. The third-order valence-electron chi connectivity index (χ3n) is 4.10. The lowest BCUT2D eigenvalue weighted by atomic mass is 9.85. The summed E-state index contributed by atoms with van der Waals surface area (Å²) in [4.78, 5) is 37.4. The van der Waals surface area contributed by atoms with Crippen LogP contribution in [-0.2, 0) is 9.59 Å². The van der Waals surface area contributed by atoms with E-state index in [0.29, 0.717) is 29.1 Å². The molecule has 2 amide bonds. The number of halogens is 1. The number of hydrogen-bond donors (Lipinski definition) is 0. The Morgan fingerprint density at radius 3 is 2.38 bits per heavy atom. The quantitative estimate of drug-likeness (QED) is 0.623. The minimum Gasteiger partial charge on any atom is -0.295 e. The molecule has 0 radical (unpaired) electrons. The van der Waals surface area contributed by atoms with Crippen molar-refractivity contribution in [1.82, 2.24) is 0 Å². The van der Waals surface area contributed by atoms with Crippen LogP contribution in [0.5, 0.6) is 0 Å². The van der Waals surface area contributed by atoms with E-state index in [-0.39, 0.29) is 29.4 Å². The number of nitrogens with zero attached hydrogens (tertiary/aromatic N) is 1. The molecular formula is C16H14ClNO3. The first kappa shape index (κ1) is 14.0. The summed E-state index contributed by atoms with van der Waals surface area (Å²) in [7, 11) is 0. The summed E-state index contributed by atoms with van der Waals surface area (Å²) in [6, 6.07) is 6.54. The van der Waals surface area contributed by atoms with Crippen molar-refractivity contribution in [3.63, 3.8) is 0 Å². The third kappa shape index (κ3) is 2.29. The number of hydrogen-bond acceptors (Lipinski definition) is 3. The number of ketones is 1. The second-order valence-electron chi connectivity index (χ2n) is 5.42. The van der Waals surface area contributed by atoms with Crippen LogP contribution in [0, 0.1) is 11.8 Å². The molecule has 1 aliphatic carbocycles. The molecule has 1 aromatic carbocycles. The number of imide groups is 1. The molecule has 4 nitrogen and oxygen atoms in total. The Balaban J connectivity index is 1.91. The molecule has 0 bridgehead atoms. The summed E-state index contributed by atoms with van der Waals surface area (Å²) in [5.41, 5.74) is 1.07. The number of allylic oxidation sites excluding steroid dienone is 2. The standard InChI is InChI=1S/C16H14ClNO3/c1-9(19)10-2-5-12(6-3-10)18-15(20)13-7-4-11(17)8-14(13)16(18)21/h2-6,13-14H,7-8H2,1H3/t13-,14+/m1/s1. The van der Waals surface area contributed by atoms with Gasteiger partial charge in [0.2, 0.25) is 11.8 Å². The second-order valence-corrected chi connectivity index (χ2v) is 5.90. The molecule has 1 saturated heterocycles. The van der Waals surface area contributed by atoms with Crippen LogP contribution >= 0.6 is 11.6 Å². The van der Waals surface area contributed by atoms with Gasteiger partial charge in [0.25, 0.3) is 0 Å². The van der Waals surface area contributed by atoms with Gasteiger partial charge in [-0.2, -0.15) is 0 Å². The number of fused-ring (bicyclic) bond motifs is 1. The van der Waals surface area contributed by atoms with E-state index in [1.807, 2.05) is 6.08 Å². The van der Waals surface area contributed by atoms with Crippen LogP contribution in [0.25, 0.3) is 0 Å². The zero-order chi connectivity index (χ0) is 15.1. The van der Waals surface area contributed by atoms with Gasteiger partial charge >= 0.3 is 0 Å². The van der Waals surface area contributed by atoms with E-state index in [4.69, 9.17) is 11.6 Å². The third-order valence-corrected chi connectivity index (χ3v) is 4.41. The highest BCUT2D eigenvalue weighted by atomic mass is 35.5. The summed E-state index contributed by atoms with van der Waals surface area (Å²) in [6.07, 6.45) is 2.76. The van der Waals surface area contributed by atoms with Crippen LogP contribution in [0.15, 0.2) is 35.4 Å². The summed E-state index contributed by atoms with van der Waals surface area (Å²) in [5.74, 6) is -1.10. The maximum Gasteiger partial charge on any atom is 0.238 e. The van der Waals surface area contributed by atoms with Gasteiger partial charge in [0.1, 0.15) is 0 Å². The van der Waals surface area contributed by atoms with E-state index >= 15 is 0 Å². The van der Waals surface area contributed by atoms with Gasteiger partial charge in [0.05, 0.1) is 17.5 Å². The van der Waals surface area contributed by atoms with Crippen molar-refractivity contribution in [2.45, 2.75) is 19.8 Å². The Morgan fingerprint density at radius 1 is 1.14 bits per heavy atom. The summed E-state index contributed by atoms with van der Waals surface area (Å²) in [5, 5.41) is 0.645. The largest absolute Gasteiger partial charge is 0.295 e. The minimum atomic E-state index is -0.359. The lowest BCUT2D eigenvalue weighted by Crippen LogP contribution is -2.30. The van der Waals surface area contributed by atoms with E-state index < -0.39 is 0 Å². The zero-order valence-corrected chi connectivity index (χ0v) is 12.3. The molecule has 21 heavy (non-hydrogen) atoms. The Morgan fingerprint density at radius 2 is 1.76 bits per heavy atom. The molecular weight excluding hydrogens is 290 g/mol. The molecule has 2 aliphatic rings. The van der Waals surface area contributed by atoms with E-state index in [1.54, 1.807) is 24.3 Å². The van der Waals surface area contributed by atoms with E-state index in [0.717, 1.165) is 0 Å². The lowest BCUT2D eigenvalue weighted by molar-refractivity contribution is -0.122. The van der Waals surface area contributed by atoms with Crippen molar-refractivity contribution in [2.24, 2.45) is 11.8 Å². The van der Waals surface area contributed by atoms with Crippen molar-refractivity contribution in [3.8, 4) is 0 Å². The molecule has 1 heterocycles. The molecule has 1 aromatic rings. The molecule has 0 saturated carbocycles. The fourth-order valence-corrected chi connectivity index (χ4v) is 3.18. The van der Waals surface area contributed by atoms with Gasteiger partial charge in [-0.1, -0.05) is 17.7 Å². The number of rotatable bonds is 2. The summed E-state index contributed by atoms with van der Waals surface area (Å²) in [6.45, 7) is 1.48. The van der Waals surface area contributed by atoms with Gasteiger partial charge in [0.15, 0.2) is 5.78 Å². The van der Waals surface area contributed by atoms with Crippen LogP contribution in [0.1, 0.15) is 30.1 Å². The fourth-order valence-electron chi connectivity index (χ4n) is 2.93. The van der Waals surface area contributed by atoms with Crippen LogP contribution in [0.3, 0.4) is 0 Å². The predicted molar refractivity (Wildman–Crippen MR) is 79.1 cm³/mol. The molecule has 0 spiro atoms. The van der Waals surface area contributed by atoms with Gasteiger partial charge in [-0.05, 0) is 44.0 Å². The van der Waals surface area contributed by atoms with Gasteiger partial charge in [0, 0.05) is 10.6 Å². The number of amides is 2. The number of Topliss-reactive ketones (excluding diaryl/α,β-unsaturated/α-hetero) is 1. The maximum atomic E-state index is 12.5. The number of benzene rings is 1. The van der Waals surface area contributed by atoms with E-state index in [9.17, 15) is 14.4 Å². The Hall–Kier alpha value is -1.94. The van der Waals surface area contributed by atoms with Crippen molar-refractivity contribution in [1.29, 1.82) is 0 Å².